The van der Waals surface area contributed by atoms with Gasteiger partial charge in [-0.3, -0.25) is 0 Å². The Morgan fingerprint density at radius 1 is 1.44 bits per heavy atom. The molecule has 2 heterocycles. The molecule has 0 radical (unpaired) electrons. The maximum absolute atomic E-state index is 13.8. The van der Waals surface area contributed by atoms with E-state index in [0.29, 0.717) is 17.2 Å². The first-order valence-corrected chi connectivity index (χ1v) is 6.59. The molecule has 1 fully saturated rings. The maximum atomic E-state index is 13.8. The summed E-state index contributed by atoms with van der Waals surface area (Å²) in [6.07, 6.45) is 4.61. The maximum Gasteiger partial charge on any atom is 0.224 e. The molecule has 2 rings (SSSR count). The first-order valence-electron chi connectivity index (χ1n) is 6.59. The summed E-state index contributed by atoms with van der Waals surface area (Å²) < 4.78 is 13.8. The topological polar surface area (TPSA) is 41.1 Å². The fourth-order valence-corrected chi connectivity index (χ4v) is 2.64. The molecular formula is C13H21FN4. The lowest BCUT2D eigenvalue weighted by atomic mass is 9.82. The SMILES string of the molecule is CCC1(CC)CCN(c2nc(NC)ncc2F)C1. The van der Waals surface area contributed by atoms with Crippen molar-refractivity contribution in [2.45, 2.75) is 33.1 Å². The van der Waals surface area contributed by atoms with E-state index in [1.165, 1.54) is 6.20 Å². The Morgan fingerprint density at radius 3 is 2.72 bits per heavy atom. The summed E-state index contributed by atoms with van der Waals surface area (Å²) in [6.45, 7) is 6.18. The molecule has 4 nitrogen and oxygen atoms in total. The molecule has 0 aromatic carbocycles. The van der Waals surface area contributed by atoms with E-state index in [1.807, 2.05) is 4.90 Å². The Kier molecular flexibility index (Phi) is 3.68. The number of nitrogens with zero attached hydrogens (tertiary/aromatic N) is 3. The van der Waals surface area contributed by atoms with Gasteiger partial charge in [0.05, 0.1) is 6.20 Å². The minimum Gasteiger partial charge on any atom is -0.357 e. The van der Waals surface area contributed by atoms with Crippen molar-refractivity contribution in [3.8, 4) is 0 Å². The third kappa shape index (κ3) is 2.26. The van der Waals surface area contributed by atoms with Crippen LogP contribution in [0.25, 0.3) is 0 Å². The normalized spacial score (nSPS) is 18.1. The van der Waals surface area contributed by atoms with Crippen molar-refractivity contribution >= 4 is 11.8 Å². The zero-order chi connectivity index (χ0) is 13.2. The Balaban J connectivity index is 2.23. The Bertz CT molecular complexity index is 417. The lowest BCUT2D eigenvalue weighted by molar-refractivity contribution is 0.301. The van der Waals surface area contributed by atoms with Crippen LogP contribution in [0.1, 0.15) is 33.1 Å². The zero-order valence-electron chi connectivity index (χ0n) is 11.3. The van der Waals surface area contributed by atoms with Crippen LogP contribution in [-0.4, -0.2) is 30.1 Å². The lowest BCUT2D eigenvalue weighted by Gasteiger charge is -2.26. The van der Waals surface area contributed by atoms with Gasteiger partial charge in [0.15, 0.2) is 11.6 Å². The van der Waals surface area contributed by atoms with Gasteiger partial charge in [0, 0.05) is 20.1 Å². The second-order valence-electron chi connectivity index (χ2n) is 4.99. The number of halogens is 1. The summed E-state index contributed by atoms with van der Waals surface area (Å²) in [7, 11) is 1.74. The van der Waals surface area contributed by atoms with Gasteiger partial charge < -0.3 is 10.2 Å². The van der Waals surface area contributed by atoms with E-state index >= 15 is 0 Å². The molecule has 1 aliphatic rings. The molecule has 1 aliphatic heterocycles. The monoisotopic (exact) mass is 252 g/mol. The molecule has 1 N–H and O–H groups in total. The van der Waals surface area contributed by atoms with Gasteiger partial charge in [-0.25, -0.2) is 9.37 Å². The fraction of sp³-hybridized carbons (Fsp3) is 0.692. The number of rotatable bonds is 4. The highest BCUT2D eigenvalue weighted by Crippen LogP contribution is 2.39. The van der Waals surface area contributed by atoms with E-state index in [4.69, 9.17) is 0 Å². The second-order valence-corrected chi connectivity index (χ2v) is 4.99. The highest BCUT2D eigenvalue weighted by Gasteiger charge is 2.36. The first kappa shape index (κ1) is 13.1. The highest BCUT2D eigenvalue weighted by atomic mass is 19.1. The van der Waals surface area contributed by atoms with E-state index in [1.54, 1.807) is 7.05 Å². The van der Waals surface area contributed by atoms with Gasteiger partial charge in [0.25, 0.3) is 0 Å². The van der Waals surface area contributed by atoms with Crippen molar-refractivity contribution in [3.63, 3.8) is 0 Å². The average Bonchev–Trinajstić information content (AvgIpc) is 2.84. The smallest absolute Gasteiger partial charge is 0.224 e. The van der Waals surface area contributed by atoms with Crippen LogP contribution in [0.2, 0.25) is 0 Å². The predicted molar refractivity (Wildman–Crippen MR) is 71.4 cm³/mol. The van der Waals surface area contributed by atoms with E-state index in [-0.39, 0.29) is 5.82 Å². The molecule has 0 atom stereocenters. The molecule has 1 aromatic rings. The summed E-state index contributed by atoms with van der Waals surface area (Å²) in [5, 5.41) is 2.85. The molecule has 1 saturated heterocycles. The lowest BCUT2D eigenvalue weighted by Crippen LogP contribution is -2.27. The van der Waals surface area contributed by atoms with Crippen molar-refractivity contribution in [3.05, 3.63) is 12.0 Å². The molecule has 0 bridgehead atoms. The summed E-state index contributed by atoms with van der Waals surface area (Å²) in [5.41, 5.74) is 0.317. The molecule has 0 amide bonds. The van der Waals surface area contributed by atoms with Gasteiger partial charge in [-0.2, -0.15) is 4.98 Å². The van der Waals surface area contributed by atoms with E-state index in [2.05, 4.69) is 29.1 Å². The van der Waals surface area contributed by atoms with Crippen molar-refractivity contribution in [2.75, 3.05) is 30.4 Å². The van der Waals surface area contributed by atoms with Gasteiger partial charge in [0.1, 0.15) is 0 Å². The van der Waals surface area contributed by atoms with Crippen LogP contribution < -0.4 is 10.2 Å². The molecule has 5 heteroatoms. The van der Waals surface area contributed by atoms with Crippen LogP contribution in [-0.2, 0) is 0 Å². The average molecular weight is 252 g/mol. The van der Waals surface area contributed by atoms with E-state index in [9.17, 15) is 4.39 Å². The van der Waals surface area contributed by atoms with Gasteiger partial charge in [-0.05, 0) is 24.7 Å². The van der Waals surface area contributed by atoms with Crippen molar-refractivity contribution in [1.29, 1.82) is 0 Å². The third-order valence-corrected chi connectivity index (χ3v) is 4.19. The summed E-state index contributed by atoms with van der Waals surface area (Å²) >= 11 is 0. The summed E-state index contributed by atoms with van der Waals surface area (Å²) in [5.74, 6) is 0.562. The van der Waals surface area contributed by atoms with Gasteiger partial charge >= 0.3 is 0 Å². The Morgan fingerprint density at radius 2 is 2.17 bits per heavy atom. The van der Waals surface area contributed by atoms with Crippen LogP contribution in [0.15, 0.2) is 6.20 Å². The quantitative estimate of drug-likeness (QED) is 0.894. The van der Waals surface area contributed by atoms with Gasteiger partial charge in [0.2, 0.25) is 5.95 Å². The fourth-order valence-electron chi connectivity index (χ4n) is 2.64. The second kappa shape index (κ2) is 5.08. The van der Waals surface area contributed by atoms with E-state index in [0.717, 1.165) is 32.4 Å². The predicted octanol–water partition coefficient (Wildman–Crippen LogP) is 2.67. The molecule has 18 heavy (non-hydrogen) atoms. The highest BCUT2D eigenvalue weighted by molar-refractivity contribution is 5.45. The molecule has 0 saturated carbocycles. The third-order valence-electron chi connectivity index (χ3n) is 4.19. The number of hydrogen-bond acceptors (Lipinski definition) is 4. The largest absolute Gasteiger partial charge is 0.357 e. The number of nitrogens with one attached hydrogen (secondary N) is 1. The molecule has 100 valence electrons. The van der Waals surface area contributed by atoms with Crippen LogP contribution >= 0.6 is 0 Å². The van der Waals surface area contributed by atoms with Crippen LogP contribution in [0, 0.1) is 11.2 Å². The first-order chi connectivity index (χ1) is 8.64. The number of aromatic nitrogens is 2. The Labute approximate surface area is 108 Å². The van der Waals surface area contributed by atoms with Crippen LogP contribution in [0.3, 0.4) is 0 Å². The number of hydrogen-bond donors (Lipinski definition) is 1. The summed E-state index contributed by atoms with van der Waals surface area (Å²) in [4.78, 5) is 10.2. The number of anilines is 2. The van der Waals surface area contributed by atoms with Gasteiger partial charge in [-0.15, -0.1) is 0 Å². The molecular weight excluding hydrogens is 231 g/mol. The molecule has 0 aliphatic carbocycles. The minimum absolute atomic E-state index is 0.317. The molecule has 0 unspecified atom stereocenters. The zero-order valence-corrected chi connectivity index (χ0v) is 11.3. The van der Waals surface area contributed by atoms with Crippen LogP contribution in [0.5, 0.6) is 0 Å². The van der Waals surface area contributed by atoms with Crippen molar-refractivity contribution in [2.24, 2.45) is 5.41 Å². The Hall–Kier alpha value is -1.39. The summed E-state index contributed by atoms with van der Waals surface area (Å²) in [6, 6.07) is 0. The van der Waals surface area contributed by atoms with Crippen molar-refractivity contribution < 1.29 is 4.39 Å². The standard InChI is InChI=1S/C13H21FN4/c1-4-13(5-2)6-7-18(9-13)11-10(14)8-16-12(15-3)17-11/h8H,4-7,9H2,1-3H3,(H,15,16,17). The van der Waals surface area contributed by atoms with E-state index < -0.39 is 0 Å². The molecule has 1 aromatic heterocycles. The molecule has 0 spiro atoms. The van der Waals surface area contributed by atoms with Gasteiger partial charge in [-0.1, -0.05) is 13.8 Å². The van der Waals surface area contributed by atoms with Crippen molar-refractivity contribution in [1.82, 2.24) is 9.97 Å². The minimum atomic E-state index is -0.336. The van der Waals surface area contributed by atoms with Crippen LogP contribution in [0.4, 0.5) is 16.2 Å².